The van der Waals surface area contributed by atoms with E-state index in [0.717, 1.165) is 18.4 Å². The molecule has 3 heteroatoms. The summed E-state index contributed by atoms with van der Waals surface area (Å²) in [5.41, 5.74) is 1.78. The second kappa shape index (κ2) is 5.04. The molecule has 2 unspecified atom stereocenters. The number of piperidine rings is 2. The quantitative estimate of drug-likeness (QED) is 0.765. The van der Waals surface area contributed by atoms with Crippen molar-refractivity contribution in [3.05, 3.63) is 29.6 Å². The number of nitrogens with zero attached hydrogens (tertiary/aromatic N) is 2. The monoisotopic (exact) mass is 258 g/mol. The number of hydrogen-bond acceptors (Lipinski definition) is 3. The van der Waals surface area contributed by atoms with Crippen LogP contribution in [0.5, 0.6) is 0 Å². The van der Waals surface area contributed by atoms with Crippen molar-refractivity contribution in [1.82, 2.24) is 9.88 Å². The van der Waals surface area contributed by atoms with Crippen molar-refractivity contribution >= 4 is 5.78 Å². The van der Waals surface area contributed by atoms with Crippen LogP contribution in [0.15, 0.2) is 18.3 Å². The summed E-state index contributed by atoms with van der Waals surface area (Å²) >= 11 is 0. The first kappa shape index (κ1) is 12.8. The first-order valence-corrected chi connectivity index (χ1v) is 7.34. The zero-order chi connectivity index (χ0) is 13.4. The number of fused-ring (bicyclic) bond motifs is 2. The van der Waals surface area contributed by atoms with Gasteiger partial charge in [-0.3, -0.25) is 9.78 Å². The van der Waals surface area contributed by atoms with Gasteiger partial charge in [-0.25, -0.2) is 0 Å². The van der Waals surface area contributed by atoms with E-state index in [4.69, 9.17) is 0 Å². The van der Waals surface area contributed by atoms with Gasteiger partial charge in [0.05, 0.1) is 0 Å². The smallest absolute Gasteiger partial charge is 0.184 e. The molecule has 2 atom stereocenters. The molecule has 2 aliphatic rings. The summed E-state index contributed by atoms with van der Waals surface area (Å²) in [6.45, 7) is 2.02. The van der Waals surface area contributed by atoms with Gasteiger partial charge in [0, 0.05) is 24.2 Å². The van der Waals surface area contributed by atoms with Crippen LogP contribution in [0, 0.1) is 12.8 Å². The van der Waals surface area contributed by atoms with Crippen LogP contribution in [0.4, 0.5) is 0 Å². The van der Waals surface area contributed by atoms with Gasteiger partial charge < -0.3 is 4.90 Å². The van der Waals surface area contributed by atoms with Crippen LogP contribution < -0.4 is 0 Å². The molecular weight excluding hydrogens is 236 g/mol. The lowest BCUT2D eigenvalue weighted by molar-refractivity contribution is 0.0336. The minimum atomic E-state index is 0.181. The van der Waals surface area contributed by atoms with Crippen molar-refractivity contribution in [2.24, 2.45) is 5.92 Å². The van der Waals surface area contributed by atoms with Crippen LogP contribution in [-0.2, 0) is 0 Å². The molecule has 0 aliphatic carbocycles. The second-order valence-corrected chi connectivity index (χ2v) is 6.16. The zero-order valence-corrected chi connectivity index (χ0v) is 11.8. The van der Waals surface area contributed by atoms with Crippen molar-refractivity contribution in [2.75, 3.05) is 7.05 Å². The van der Waals surface area contributed by atoms with E-state index in [1.54, 1.807) is 6.20 Å². The molecule has 2 fully saturated rings. The maximum absolute atomic E-state index is 12.6. The fraction of sp³-hybridized carbons (Fsp3) is 0.625. The highest BCUT2D eigenvalue weighted by Gasteiger charge is 2.39. The van der Waals surface area contributed by atoms with E-state index in [-0.39, 0.29) is 11.7 Å². The Balaban J connectivity index is 1.78. The average Bonchev–Trinajstić information content (AvgIpc) is 2.37. The number of pyridine rings is 1. The third-order valence-corrected chi connectivity index (χ3v) is 4.88. The summed E-state index contributed by atoms with van der Waals surface area (Å²) in [4.78, 5) is 19.4. The zero-order valence-electron chi connectivity index (χ0n) is 11.8. The summed E-state index contributed by atoms with van der Waals surface area (Å²) in [6, 6.07) is 5.08. The third kappa shape index (κ3) is 2.44. The Kier molecular flexibility index (Phi) is 3.40. The van der Waals surface area contributed by atoms with Crippen molar-refractivity contribution in [1.29, 1.82) is 0 Å². The van der Waals surface area contributed by atoms with Gasteiger partial charge in [-0.15, -0.1) is 0 Å². The number of carbonyl (C=O) groups is 1. The standard InChI is InChI=1S/C16H22N2O/c1-11-6-7-17-15(8-11)16(19)12-9-13-4-3-5-14(10-12)18(13)2/h6-8,12-14H,3-5,9-10H2,1-2H3. The van der Waals surface area contributed by atoms with Crippen LogP contribution in [0.1, 0.15) is 48.2 Å². The SMILES string of the molecule is Cc1ccnc(C(=O)C2CC3CCCC(C2)N3C)c1. The fourth-order valence-electron chi connectivity index (χ4n) is 3.71. The minimum absolute atomic E-state index is 0.181. The number of aryl methyl sites for hydroxylation is 1. The average molecular weight is 258 g/mol. The molecule has 1 aromatic rings. The molecule has 102 valence electrons. The molecule has 0 amide bonds. The topological polar surface area (TPSA) is 33.2 Å². The van der Waals surface area contributed by atoms with Crippen LogP contribution >= 0.6 is 0 Å². The normalized spacial score (nSPS) is 31.2. The van der Waals surface area contributed by atoms with Crippen LogP contribution in [0.3, 0.4) is 0 Å². The second-order valence-electron chi connectivity index (χ2n) is 6.16. The van der Waals surface area contributed by atoms with Gasteiger partial charge in [-0.2, -0.15) is 0 Å². The largest absolute Gasteiger partial charge is 0.300 e. The van der Waals surface area contributed by atoms with E-state index in [9.17, 15) is 4.79 Å². The van der Waals surface area contributed by atoms with Gasteiger partial charge in [0.15, 0.2) is 5.78 Å². The first-order chi connectivity index (χ1) is 9.15. The maximum atomic E-state index is 12.6. The predicted molar refractivity (Wildman–Crippen MR) is 75.2 cm³/mol. The number of ketones is 1. The predicted octanol–water partition coefficient (Wildman–Crippen LogP) is 2.84. The summed E-state index contributed by atoms with van der Waals surface area (Å²) in [6.07, 6.45) is 7.60. The van der Waals surface area contributed by atoms with Gasteiger partial charge in [0.1, 0.15) is 5.69 Å². The van der Waals surface area contributed by atoms with E-state index in [2.05, 4.69) is 16.9 Å². The van der Waals surface area contributed by atoms with Crippen LogP contribution in [0.2, 0.25) is 0 Å². The molecule has 2 saturated heterocycles. The number of hydrogen-bond donors (Lipinski definition) is 0. The molecule has 0 saturated carbocycles. The third-order valence-electron chi connectivity index (χ3n) is 4.88. The molecule has 19 heavy (non-hydrogen) atoms. The van der Waals surface area contributed by atoms with E-state index < -0.39 is 0 Å². The molecule has 0 aromatic carbocycles. The number of aromatic nitrogens is 1. The highest BCUT2D eigenvalue weighted by molar-refractivity contribution is 5.96. The highest BCUT2D eigenvalue weighted by Crippen LogP contribution is 2.36. The van der Waals surface area contributed by atoms with Crippen LogP contribution in [0.25, 0.3) is 0 Å². The molecule has 0 radical (unpaired) electrons. The van der Waals surface area contributed by atoms with Gasteiger partial charge >= 0.3 is 0 Å². The molecule has 0 spiro atoms. The molecular formula is C16H22N2O. The Labute approximate surface area is 115 Å². The molecule has 1 aromatic heterocycles. The van der Waals surface area contributed by atoms with Crippen molar-refractivity contribution in [2.45, 2.75) is 51.1 Å². The number of Topliss-reactive ketones (excluding diaryl/α,β-unsaturated/α-hetero) is 1. The fourth-order valence-corrected chi connectivity index (χ4v) is 3.71. The van der Waals surface area contributed by atoms with Gasteiger partial charge in [0.2, 0.25) is 0 Å². The van der Waals surface area contributed by atoms with E-state index in [1.165, 1.54) is 19.3 Å². The maximum Gasteiger partial charge on any atom is 0.184 e. The van der Waals surface area contributed by atoms with Crippen molar-refractivity contribution in [3.8, 4) is 0 Å². The molecule has 3 heterocycles. The minimum Gasteiger partial charge on any atom is -0.300 e. The van der Waals surface area contributed by atoms with E-state index >= 15 is 0 Å². The van der Waals surface area contributed by atoms with Gasteiger partial charge in [-0.1, -0.05) is 6.42 Å². The molecule has 3 rings (SSSR count). The van der Waals surface area contributed by atoms with Crippen molar-refractivity contribution < 1.29 is 4.79 Å². The van der Waals surface area contributed by atoms with Gasteiger partial charge in [-0.05, 0) is 57.4 Å². The lowest BCUT2D eigenvalue weighted by atomic mass is 9.76. The number of carbonyl (C=O) groups excluding carboxylic acids is 1. The molecule has 2 bridgehead atoms. The summed E-state index contributed by atoms with van der Waals surface area (Å²) < 4.78 is 0. The highest BCUT2D eigenvalue weighted by atomic mass is 16.1. The molecule has 3 nitrogen and oxygen atoms in total. The van der Waals surface area contributed by atoms with E-state index in [0.29, 0.717) is 17.8 Å². The first-order valence-electron chi connectivity index (χ1n) is 7.34. The van der Waals surface area contributed by atoms with Crippen LogP contribution in [-0.4, -0.2) is 34.8 Å². The summed E-state index contributed by atoms with van der Waals surface area (Å²) in [7, 11) is 2.22. The number of rotatable bonds is 2. The molecule has 2 aliphatic heterocycles. The van der Waals surface area contributed by atoms with Crippen molar-refractivity contribution in [3.63, 3.8) is 0 Å². The summed E-state index contributed by atoms with van der Waals surface area (Å²) in [5.74, 6) is 0.439. The molecule has 0 N–H and O–H groups in total. The van der Waals surface area contributed by atoms with Gasteiger partial charge in [0.25, 0.3) is 0 Å². The lowest BCUT2D eigenvalue weighted by Crippen LogP contribution is -2.51. The lowest BCUT2D eigenvalue weighted by Gasteiger charge is -2.46. The Hall–Kier alpha value is -1.22. The Morgan fingerprint density at radius 1 is 1.32 bits per heavy atom. The van der Waals surface area contributed by atoms with E-state index in [1.807, 2.05) is 19.1 Å². The Morgan fingerprint density at radius 3 is 2.63 bits per heavy atom. The Morgan fingerprint density at radius 2 is 2.00 bits per heavy atom. The summed E-state index contributed by atoms with van der Waals surface area (Å²) in [5, 5.41) is 0. The Bertz CT molecular complexity index is 471.